The number of ether oxygens (including phenoxy) is 1. The van der Waals surface area contributed by atoms with Gasteiger partial charge >= 0.3 is 5.97 Å². The standard InChI is InChI=1S/C14H21NO3/c1-9(2)13(14(16)17)15-10(3)11-7-5-6-8-12(11)18-4/h5-10,13,15H,1-4H3,(H,16,17)/t10-,13?/m0/s1. The lowest BCUT2D eigenvalue weighted by molar-refractivity contribution is -0.140. The maximum Gasteiger partial charge on any atom is 0.320 e. The average Bonchev–Trinajstić information content (AvgIpc) is 2.34. The molecule has 0 amide bonds. The first-order valence-corrected chi connectivity index (χ1v) is 6.09. The predicted octanol–water partition coefficient (Wildman–Crippen LogP) is 2.46. The fourth-order valence-corrected chi connectivity index (χ4v) is 1.93. The molecule has 0 bridgehead atoms. The SMILES string of the molecule is COc1ccccc1[C@H](C)NC(C(=O)O)C(C)C. The molecule has 1 aromatic rings. The van der Waals surface area contributed by atoms with E-state index in [1.54, 1.807) is 7.11 Å². The molecule has 0 saturated heterocycles. The largest absolute Gasteiger partial charge is 0.496 e. The summed E-state index contributed by atoms with van der Waals surface area (Å²) in [5, 5.41) is 12.3. The van der Waals surface area contributed by atoms with Crippen molar-refractivity contribution in [1.82, 2.24) is 5.32 Å². The maximum atomic E-state index is 11.2. The van der Waals surface area contributed by atoms with Crippen molar-refractivity contribution in [2.24, 2.45) is 5.92 Å². The van der Waals surface area contributed by atoms with Crippen LogP contribution in [0, 0.1) is 5.92 Å². The highest BCUT2D eigenvalue weighted by atomic mass is 16.5. The van der Waals surface area contributed by atoms with E-state index in [9.17, 15) is 9.90 Å². The number of para-hydroxylation sites is 1. The molecule has 0 aliphatic carbocycles. The van der Waals surface area contributed by atoms with Gasteiger partial charge in [-0.2, -0.15) is 0 Å². The molecule has 1 aromatic carbocycles. The zero-order chi connectivity index (χ0) is 13.7. The smallest absolute Gasteiger partial charge is 0.320 e. The molecule has 100 valence electrons. The molecule has 0 spiro atoms. The normalized spacial score (nSPS) is 14.3. The molecule has 1 rings (SSSR count). The molecule has 0 aliphatic heterocycles. The minimum Gasteiger partial charge on any atom is -0.496 e. The second-order valence-corrected chi connectivity index (χ2v) is 4.69. The molecule has 0 aliphatic rings. The lowest BCUT2D eigenvalue weighted by Gasteiger charge is -2.24. The number of hydrogen-bond acceptors (Lipinski definition) is 3. The second kappa shape index (κ2) is 6.40. The van der Waals surface area contributed by atoms with E-state index >= 15 is 0 Å². The number of carbonyl (C=O) groups is 1. The molecule has 0 aromatic heterocycles. The first-order valence-electron chi connectivity index (χ1n) is 6.09. The fourth-order valence-electron chi connectivity index (χ4n) is 1.93. The maximum absolute atomic E-state index is 11.2. The van der Waals surface area contributed by atoms with Crippen LogP contribution < -0.4 is 10.1 Å². The van der Waals surface area contributed by atoms with Crippen LogP contribution in [0.25, 0.3) is 0 Å². The van der Waals surface area contributed by atoms with Gasteiger partial charge in [0.05, 0.1) is 7.11 Å². The van der Waals surface area contributed by atoms with Gasteiger partial charge in [-0.1, -0.05) is 32.0 Å². The number of methoxy groups -OCH3 is 1. The van der Waals surface area contributed by atoms with Crippen LogP contribution >= 0.6 is 0 Å². The Labute approximate surface area is 108 Å². The summed E-state index contributed by atoms with van der Waals surface area (Å²) in [6, 6.07) is 6.98. The zero-order valence-electron chi connectivity index (χ0n) is 11.3. The molecule has 0 fully saturated rings. The Hall–Kier alpha value is -1.55. The molecule has 4 nitrogen and oxygen atoms in total. The summed E-state index contributed by atoms with van der Waals surface area (Å²) < 4.78 is 5.28. The highest BCUT2D eigenvalue weighted by Gasteiger charge is 2.24. The Balaban J connectivity index is 2.86. The van der Waals surface area contributed by atoms with Crippen molar-refractivity contribution < 1.29 is 14.6 Å². The number of hydrogen-bond donors (Lipinski definition) is 2. The number of carboxylic acid groups (broad SMARTS) is 1. The van der Waals surface area contributed by atoms with Crippen LogP contribution in [0.2, 0.25) is 0 Å². The van der Waals surface area contributed by atoms with E-state index in [1.165, 1.54) is 0 Å². The fraction of sp³-hybridized carbons (Fsp3) is 0.500. The van der Waals surface area contributed by atoms with E-state index in [0.717, 1.165) is 11.3 Å². The van der Waals surface area contributed by atoms with Crippen molar-refractivity contribution >= 4 is 5.97 Å². The van der Waals surface area contributed by atoms with Crippen LogP contribution in [-0.4, -0.2) is 24.2 Å². The average molecular weight is 251 g/mol. The topological polar surface area (TPSA) is 58.6 Å². The third-order valence-corrected chi connectivity index (χ3v) is 2.97. The summed E-state index contributed by atoms with van der Waals surface area (Å²) in [5.41, 5.74) is 0.965. The molecule has 1 unspecified atom stereocenters. The Morgan fingerprint density at radius 3 is 2.39 bits per heavy atom. The van der Waals surface area contributed by atoms with Gasteiger partial charge in [-0.25, -0.2) is 0 Å². The Kier molecular flexibility index (Phi) is 5.16. The molecule has 2 N–H and O–H groups in total. The zero-order valence-corrected chi connectivity index (χ0v) is 11.3. The van der Waals surface area contributed by atoms with Gasteiger partial charge in [0.1, 0.15) is 11.8 Å². The lowest BCUT2D eigenvalue weighted by Crippen LogP contribution is -2.42. The lowest BCUT2D eigenvalue weighted by atomic mass is 10.0. The molecular formula is C14H21NO3. The molecule has 2 atom stereocenters. The van der Waals surface area contributed by atoms with Crippen LogP contribution in [0.5, 0.6) is 5.75 Å². The van der Waals surface area contributed by atoms with Gasteiger partial charge in [-0.05, 0) is 18.9 Å². The van der Waals surface area contributed by atoms with Crippen molar-refractivity contribution in [3.05, 3.63) is 29.8 Å². The van der Waals surface area contributed by atoms with E-state index in [2.05, 4.69) is 5.32 Å². The van der Waals surface area contributed by atoms with E-state index in [0.29, 0.717) is 0 Å². The van der Waals surface area contributed by atoms with Crippen molar-refractivity contribution in [3.8, 4) is 5.75 Å². The van der Waals surface area contributed by atoms with E-state index in [1.807, 2.05) is 45.0 Å². The molecule has 4 heteroatoms. The van der Waals surface area contributed by atoms with Gasteiger partial charge < -0.3 is 9.84 Å². The summed E-state index contributed by atoms with van der Waals surface area (Å²) in [6.07, 6.45) is 0. The molecule has 0 heterocycles. The summed E-state index contributed by atoms with van der Waals surface area (Å²) in [7, 11) is 1.61. The van der Waals surface area contributed by atoms with Crippen LogP contribution in [0.1, 0.15) is 32.4 Å². The Morgan fingerprint density at radius 1 is 1.28 bits per heavy atom. The molecule has 18 heavy (non-hydrogen) atoms. The number of benzene rings is 1. The Bertz CT molecular complexity index is 404. The predicted molar refractivity (Wildman–Crippen MR) is 70.8 cm³/mol. The first kappa shape index (κ1) is 14.5. The van der Waals surface area contributed by atoms with Gasteiger partial charge in [0, 0.05) is 11.6 Å². The minimum absolute atomic E-state index is 0.0275. The van der Waals surface area contributed by atoms with Gasteiger partial charge in [-0.15, -0.1) is 0 Å². The van der Waals surface area contributed by atoms with Crippen molar-refractivity contribution in [2.75, 3.05) is 7.11 Å². The third kappa shape index (κ3) is 3.47. The summed E-state index contributed by atoms with van der Waals surface area (Å²) >= 11 is 0. The van der Waals surface area contributed by atoms with Crippen LogP contribution in [0.15, 0.2) is 24.3 Å². The molecule has 0 saturated carbocycles. The van der Waals surface area contributed by atoms with Crippen LogP contribution in [0.3, 0.4) is 0 Å². The molecular weight excluding hydrogens is 230 g/mol. The molecule has 0 radical (unpaired) electrons. The first-order chi connectivity index (χ1) is 8.47. The van der Waals surface area contributed by atoms with E-state index in [-0.39, 0.29) is 12.0 Å². The van der Waals surface area contributed by atoms with Gasteiger partial charge in [0.2, 0.25) is 0 Å². The van der Waals surface area contributed by atoms with Gasteiger partial charge in [0.25, 0.3) is 0 Å². The van der Waals surface area contributed by atoms with Crippen molar-refractivity contribution in [1.29, 1.82) is 0 Å². The van der Waals surface area contributed by atoms with Crippen LogP contribution in [-0.2, 0) is 4.79 Å². The number of rotatable bonds is 6. The number of aliphatic carboxylic acids is 1. The van der Waals surface area contributed by atoms with Crippen molar-refractivity contribution in [2.45, 2.75) is 32.9 Å². The van der Waals surface area contributed by atoms with Crippen molar-refractivity contribution in [3.63, 3.8) is 0 Å². The number of nitrogens with one attached hydrogen (secondary N) is 1. The highest BCUT2D eigenvalue weighted by molar-refractivity contribution is 5.73. The van der Waals surface area contributed by atoms with E-state index < -0.39 is 12.0 Å². The third-order valence-electron chi connectivity index (χ3n) is 2.97. The second-order valence-electron chi connectivity index (χ2n) is 4.69. The monoisotopic (exact) mass is 251 g/mol. The highest BCUT2D eigenvalue weighted by Crippen LogP contribution is 2.25. The summed E-state index contributed by atoms with van der Waals surface area (Å²) in [6.45, 7) is 5.72. The quantitative estimate of drug-likeness (QED) is 0.815. The summed E-state index contributed by atoms with van der Waals surface area (Å²) in [5.74, 6) is -0.0307. The van der Waals surface area contributed by atoms with Gasteiger partial charge in [-0.3, -0.25) is 10.1 Å². The van der Waals surface area contributed by atoms with E-state index in [4.69, 9.17) is 4.74 Å². The number of carboxylic acids is 1. The van der Waals surface area contributed by atoms with Crippen LogP contribution in [0.4, 0.5) is 0 Å². The Morgan fingerprint density at radius 2 is 1.89 bits per heavy atom. The van der Waals surface area contributed by atoms with Gasteiger partial charge in [0.15, 0.2) is 0 Å². The minimum atomic E-state index is -0.827. The summed E-state index contributed by atoms with van der Waals surface area (Å²) in [4.78, 5) is 11.2.